The summed E-state index contributed by atoms with van der Waals surface area (Å²) in [6.07, 6.45) is 9.33. The van der Waals surface area contributed by atoms with Crippen LogP contribution in [0.5, 0.6) is 0 Å². The number of allylic oxidation sites excluding steroid dienone is 4. The van der Waals surface area contributed by atoms with E-state index in [-0.39, 0.29) is 0 Å². The molecule has 0 unspecified atom stereocenters. The number of hydrogen-bond acceptors (Lipinski definition) is 1. The lowest BCUT2D eigenvalue weighted by molar-refractivity contribution is -0.115. The van der Waals surface area contributed by atoms with Gasteiger partial charge in [-0.25, -0.2) is 0 Å². The zero-order valence-electron chi connectivity index (χ0n) is 6.60. The number of carbonyl (C=O) groups is 1. The molecule has 0 aromatic rings. The highest BCUT2D eigenvalue weighted by Gasteiger charge is 2.18. The molecule has 2 aliphatic rings. The topological polar surface area (TPSA) is 17.1 Å². The molecule has 0 N–H and O–H groups in total. The highest BCUT2D eigenvalue weighted by Crippen LogP contribution is 2.28. The van der Waals surface area contributed by atoms with E-state index in [2.05, 4.69) is 6.08 Å². The lowest BCUT2D eigenvalue weighted by atomic mass is 10.1. The van der Waals surface area contributed by atoms with E-state index in [0.29, 0.717) is 5.78 Å². The van der Waals surface area contributed by atoms with E-state index < -0.39 is 0 Å². The largest absolute Gasteiger partial charge is 0.294 e. The van der Waals surface area contributed by atoms with E-state index >= 15 is 0 Å². The Hall–Kier alpha value is -0.850. The van der Waals surface area contributed by atoms with Crippen molar-refractivity contribution >= 4 is 5.78 Å². The van der Waals surface area contributed by atoms with Gasteiger partial charge in [0.25, 0.3) is 0 Å². The number of Topliss-reactive ketones (excluding diaryl/α,β-unsaturated/α-hetero) is 1. The Kier molecular flexibility index (Phi) is 1.65. The molecule has 1 nitrogen and oxygen atoms in total. The van der Waals surface area contributed by atoms with Gasteiger partial charge in [0.05, 0.1) is 0 Å². The molecule has 2 rings (SSSR count). The Morgan fingerprint density at radius 2 is 2.00 bits per heavy atom. The fourth-order valence-corrected chi connectivity index (χ4v) is 1.83. The third-order valence-electron chi connectivity index (χ3n) is 2.46. The van der Waals surface area contributed by atoms with E-state index in [0.717, 1.165) is 31.3 Å². The molecule has 0 fully saturated rings. The first-order chi connectivity index (χ1) is 5.38. The predicted octanol–water partition coefficient (Wildman–Crippen LogP) is 2.39. The molecule has 0 aromatic carbocycles. The molecule has 0 radical (unpaired) electrons. The van der Waals surface area contributed by atoms with Crippen LogP contribution in [0.15, 0.2) is 23.3 Å². The van der Waals surface area contributed by atoms with Gasteiger partial charge in [-0.2, -0.15) is 0 Å². The van der Waals surface area contributed by atoms with Crippen molar-refractivity contribution in [2.24, 2.45) is 0 Å². The second-order valence-electron chi connectivity index (χ2n) is 3.25. The summed E-state index contributed by atoms with van der Waals surface area (Å²) in [7, 11) is 0. The minimum Gasteiger partial charge on any atom is -0.294 e. The summed E-state index contributed by atoms with van der Waals surface area (Å²) >= 11 is 0. The van der Waals surface area contributed by atoms with Crippen LogP contribution < -0.4 is 0 Å². The first-order valence-corrected chi connectivity index (χ1v) is 4.30. The Labute approximate surface area is 66.8 Å². The van der Waals surface area contributed by atoms with Crippen LogP contribution >= 0.6 is 0 Å². The summed E-state index contributed by atoms with van der Waals surface area (Å²) in [5.41, 5.74) is 2.41. The molecular weight excluding hydrogens is 136 g/mol. The number of hydrogen-bond donors (Lipinski definition) is 0. The smallest absolute Gasteiger partial charge is 0.162 e. The number of rotatable bonds is 0. The third kappa shape index (κ3) is 1.15. The van der Waals surface area contributed by atoms with Crippen molar-refractivity contribution in [3.8, 4) is 0 Å². The Balaban J connectivity index is 2.31. The van der Waals surface area contributed by atoms with E-state index in [9.17, 15) is 4.79 Å². The summed E-state index contributed by atoms with van der Waals surface area (Å²) in [6, 6.07) is 0. The quantitative estimate of drug-likeness (QED) is 0.515. The minimum absolute atomic E-state index is 0.367. The number of ketones is 1. The van der Waals surface area contributed by atoms with Crippen LogP contribution in [0.3, 0.4) is 0 Å². The van der Waals surface area contributed by atoms with Gasteiger partial charge >= 0.3 is 0 Å². The lowest BCUT2D eigenvalue weighted by Crippen LogP contribution is -1.97. The Morgan fingerprint density at radius 1 is 1.18 bits per heavy atom. The third-order valence-corrected chi connectivity index (χ3v) is 2.46. The fraction of sp³-hybridized carbons (Fsp3) is 0.500. The summed E-state index contributed by atoms with van der Waals surface area (Å²) in [4.78, 5) is 11.4. The standard InChI is InChI=1S/C10H12O/c11-10-7-2-1-4-8-5-3-6-9(8)10/h3,6H,1-2,4-5,7H2. The van der Waals surface area contributed by atoms with Gasteiger partial charge in [-0.3, -0.25) is 4.79 Å². The van der Waals surface area contributed by atoms with Crippen molar-refractivity contribution in [3.05, 3.63) is 23.3 Å². The minimum atomic E-state index is 0.367. The first-order valence-electron chi connectivity index (χ1n) is 4.30. The highest BCUT2D eigenvalue weighted by molar-refractivity contribution is 5.99. The summed E-state index contributed by atoms with van der Waals surface area (Å²) in [5.74, 6) is 0.367. The van der Waals surface area contributed by atoms with Crippen molar-refractivity contribution in [2.75, 3.05) is 0 Å². The highest BCUT2D eigenvalue weighted by atomic mass is 16.1. The first kappa shape index (κ1) is 6.84. The molecule has 0 amide bonds. The van der Waals surface area contributed by atoms with Crippen LogP contribution in [0.25, 0.3) is 0 Å². The van der Waals surface area contributed by atoms with Gasteiger partial charge in [0.2, 0.25) is 0 Å². The van der Waals surface area contributed by atoms with Crippen molar-refractivity contribution in [1.82, 2.24) is 0 Å². The maximum Gasteiger partial charge on any atom is 0.162 e. The van der Waals surface area contributed by atoms with Gasteiger partial charge in [-0.1, -0.05) is 17.7 Å². The molecule has 11 heavy (non-hydrogen) atoms. The van der Waals surface area contributed by atoms with E-state index in [1.807, 2.05) is 6.08 Å². The summed E-state index contributed by atoms with van der Waals surface area (Å²) in [6.45, 7) is 0. The fourth-order valence-electron chi connectivity index (χ4n) is 1.83. The lowest BCUT2D eigenvalue weighted by Gasteiger charge is -1.98. The Bertz CT molecular complexity index is 246. The molecule has 0 spiro atoms. The van der Waals surface area contributed by atoms with Crippen LogP contribution in [0.1, 0.15) is 32.1 Å². The van der Waals surface area contributed by atoms with Crippen molar-refractivity contribution < 1.29 is 4.79 Å². The van der Waals surface area contributed by atoms with Crippen LogP contribution in [0, 0.1) is 0 Å². The monoisotopic (exact) mass is 148 g/mol. The van der Waals surface area contributed by atoms with Crippen LogP contribution in [-0.2, 0) is 4.79 Å². The van der Waals surface area contributed by atoms with Gasteiger partial charge in [0, 0.05) is 12.0 Å². The molecule has 0 heterocycles. The SMILES string of the molecule is O=C1CCCCC2=C1C=CC2. The van der Waals surface area contributed by atoms with Crippen molar-refractivity contribution in [3.63, 3.8) is 0 Å². The van der Waals surface area contributed by atoms with Gasteiger partial charge in [0.15, 0.2) is 5.78 Å². The van der Waals surface area contributed by atoms with Crippen LogP contribution in [-0.4, -0.2) is 5.78 Å². The van der Waals surface area contributed by atoms with Gasteiger partial charge in [-0.05, 0) is 25.7 Å². The molecule has 2 aliphatic carbocycles. The van der Waals surface area contributed by atoms with Gasteiger partial charge in [0.1, 0.15) is 0 Å². The maximum absolute atomic E-state index is 11.4. The molecule has 0 bridgehead atoms. The van der Waals surface area contributed by atoms with Gasteiger partial charge < -0.3 is 0 Å². The maximum atomic E-state index is 11.4. The average molecular weight is 148 g/mol. The van der Waals surface area contributed by atoms with E-state index in [1.165, 1.54) is 12.0 Å². The summed E-state index contributed by atoms with van der Waals surface area (Å²) in [5, 5.41) is 0. The zero-order valence-corrected chi connectivity index (χ0v) is 6.60. The molecule has 0 aromatic heterocycles. The van der Waals surface area contributed by atoms with E-state index in [4.69, 9.17) is 0 Å². The van der Waals surface area contributed by atoms with E-state index in [1.54, 1.807) is 0 Å². The zero-order chi connectivity index (χ0) is 7.68. The van der Waals surface area contributed by atoms with Crippen molar-refractivity contribution in [2.45, 2.75) is 32.1 Å². The molecule has 0 saturated heterocycles. The predicted molar refractivity (Wildman–Crippen MR) is 44.3 cm³/mol. The van der Waals surface area contributed by atoms with Crippen molar-refractivity contribution in [1.29, 1.82) is 0 Å². The normalized spacial score (nSPS) is 23.8. The van der Waals surface area contributed by atoms with Crippen LogP contribution in [0.2, 0.25) is 0 Å². The molecule has 1 heteroatoms. The molecule has 0 aliphatic heterocycles. The molecular formula is C10H12O. The summed E-state index contributed by atoms with van der Waals surface area (Å²) < 4.78 is 0. The number of carbonyl (C=O) groups excluding carboxylic acids is 1. The van der Waals surface area contributed by atoms with Gasteiger partial charge in [-0.15, -0.1) is 0 Å². The average Bonchev–Trinajstić information content (AvgIpc) is 2.40. The molecule has 58 valence electrons. The Morgan fingerprint density at radius 3 is 2.91 bits per heavy atom. The second-order valence-corrected chi connectivity index (χ2v) is 3.25. The molecule has 0 atom stereocenters. The van der Waals surface area contributed by atoms with Crippen LogP contribution in [0.4, 0.5) is 0 Å². The second kappa shape index (κ2) is 2.65. The molecule has 0 saturated carbocycles.